The van der Waals surface area contributed by atoms with Crippen molar-refractivity contribution in [3.05, 3.63) is 108 Å². The average Bonchev–Trinajstić information content (AvgIpc) is 3.64. The van der Waals surface area contributed by atoms with Crippen molar-refractivity contribution >= 4 is 28.2 Å². The lowest BCUT2D eigenvalue weighted by Crippen LogP contribution is -2.05. The molecule has 4 aromatic heterocycles. The van der Waals surface area contributed by atoms with Crippen LogP contribution in [0.1, 0.15) is 21.6 Å². The molecule has 0 radical (unpaired) electrons. The second-order valence-electron chi connectivity index (χ2n) is 8.68. The normalized spacial score (nSPS) is 10.8. The fourth-order valence-corrected chi connectivity index (χ4v) is 4.23. The number of hydrogen-bond donors (Lipinski definition) is 3. The van der Waals surface area contributed by atoms with E-state index in [4.69, 9.17) is 0 Å². The van der Waals surface area contributed by atoms with Crippen LogP contribution in [0.4, 0.5) is 11.5 Å². The second kappa shape index (κ2) is 9.79. The van der Waals surface area contributed by atoms with Gasteiger partial charge in [-0.15, -0.1) is 0 Å². The van der Waals surface area contributed by atoms with Gasteiger partial charge in [-0.05, 0) is 47.5 Å². The van der Waals surface area contributed by atoms with E-state index in [0.29, 0.717) is 28.5 Å². The lowest BCUT2D eigenvalue weighted by Gasteiger charge is -2.08. The van der Waals surface area contributed by atoms with Gasteiger partial charge in [-0.3, -0.25) is 14.9 Å². The van der Waals surface area contributed by atoms with Gasteiger partial charge in [-0.25, -0.2) is 9.97 Å². The van der Waals surface area contributed by atoms with Crippen molar-refractivity contribution in [2.24, 2.45) is 0 Å². The number of pyridine rings is 1. The molecule has 0 saturated carbocycles. The first-order valence-corrected chi connectivity index (χ1v) is 11.8. The topological polar surface area (TPSA) is 136 Å². The molecule has 0 unspecified atom stereocenters. The number of aromatic amines is 2. The lowest BCUT2D eigenvalue weighted by molar-refractivity contribution is 0.0989. The number of nitrogens with one attached hydrogen (secondary N) is 3. The smallest absolute Gasteiger partial charge is 0.183 e. The minimum absolute atomic E-state index is 0.105. The maximum absolute atomic E-state index is 12.9. The van der Waals surface area contributed by atoms with Gasteiger partial charge >= 0.3 is 0 Å². The highest BCUT2D eigenvalue weighted by Crippen LogP contribution is 2.26. The minimum Gasteiger partial charge on any atom is -0.352 e. The van der Waals surface area contributed by atoms with Crippen LogP contribution >= 0.6 is 0 Å². The summed E-state index contributed by atoms with van der Waals surface area (Å²) >= 11 is 0. The predicted molar refractivity (Wildman–Crippen MR) is 144 cm³/mol. The van der Waals surface area contributed by atoms with E-state index in [-0.39, 0.29) is 12.2 Å². The number of H-pyrrole nitrogens is 2. The third kappa shape index (κ3) is 4.62. The Bertz CT molecular complexity index is 1800. The zero-order valence-electron chi connectivity index (χ0n) is 20.0. The zero-order valence-corrected chi connectivity index (χ0v) is 20.0. The van der Waals surface area contributed by atoms with Gasteiger partial charge in [0.15, 0.2) is 11.6 Å². The third-order valence-electron chi connectivity index (χ3n) is 6.21. The molecule has 9 nitrogen and oxygen atoms in total. The van der Waals surface area contributed by atoms with Crippen LogP contribution < -0.4 is 5.32 Å². The van der Waals surface area contributed by atoms with Gasteiger partial charge in [0.2, 0.25) is 0 Å². The van der Waals surface area contributed by atoms with Gasteiger partial charge in [0.1, 0.15) is 11.9 Å². The van der Waals surface area contributed by atoms with Crippen molar-refractivity contribution in [3.63, 3.8) is 0 Å². The summed E-state index contributed by atoms with van der Waals surface area (Å²) < 4.78 is 0. The first-order valence-electron chi connectivity index (χ1n) is 11.8. The van der Waals surface area contributed by atoms with E-state index < -0.39 is 0 Å². The first-order chi connectivity index (χ1) is 18.7. The van der Waals surface area contributed by atoms with Gasteiger partial charge in [-0.1, -0.05) is 24.3 Å². The summed E-state index contributed by atoms with van der Waals surface area (Å²) in [5.41, 5.74) is 6.15. The number of carbonyl (C=O) groups excluding carboxylic acids is 1. The molecule has 0 saturated heterocycles. The Balaban J connectivity index is 1.21. The first kappa shape index (κ1) is 22.8. The van der Waals surface area contributed by atoms with E-state index in [1.807, 2.05) is 60.8 Å². The largest absolute Gasteiger partial charge is 0.352 e. The molecule has 0 spiro atoms. The van der Waals surface area contributed by atoms with Gasteiger partial charge in [0.05, 0.1) is 17.5 Å². The van der Waals surface area contributed by atoms with Gasteiger partial charge in [-0.2, -0.15) is 10.4 Å². The molecule has 2 aromatic carbocycles. The van der Waals surface area contributed by atoms with Gasteiger partial charge in [0.25, 0.3) is 0 Å². The highest BCUT2D eigenvalue weighted by Gasteiger charge is 2.14. The highest BCUT2D eigenvalue weighted by molar-refractivity contribution is 6.01. The molecular formula is C29H20N8O. The molecule has 182 valence electrons. The molecule has 0 atom stereocenters. The molecule has 4 heterocycles. The Morgan fingerprint density at radius 3 is 2.63 bits per heavy atom. The average molecular weight is 497 g/mol. The van der Waals surface area contributed by atoms with Crippen LogP contribution in [0.15, 0.2) is 91.6 Å². The maximum Gasteiger partial charge on any atom is 0.183 e. The number of ketones is 1. The quantitative estimate of drug-likeness (QED) is 0.250. The molecule has 0 amide bonds. The summed E-state index contributed by atoms with van der Waals surface area (Å²) in [6, 6.07) is 21.2. The molecule has 0 aliphatic heterocycles. The van der Waals surface area contributed by atoms with Crippen molar-refractivity contribution < 1.29 is 4.79 Å². The summed E-state index contributed by atoms with van der Waals surface area (Å²) in [4.78, 5) is 29.2. The molecule has 0 aliphatic rings. The van der Waals surface area contributed by atoms with Gasteiger partial charge in [0, 0.05) is 58.9 Å². The molecule has 6 aromatic rings. The molecule has 0 fully saturated rings. The monoisotopic (exact) mass is 496 g/mol. The van der Waals surface area contributed by atoms with Crippen LogP contribution in [-0.4, -0.2) is 35.9 Å². The number of hydrogen-bond acceptors (Lipinski definition) is 7. The number of anilines is 2. The van der Waals surface area contributed by atoms with Gasteiger partial charge < -0.3 is 10.3 Å². The van der Waals surface area contributed by atoms with E-state index in [9.17, 15) is 10.1 Å². The number of nitrogens with zero attached hydrogens (tertiary/aromatic N) is 5. The van der Waals surface area contributed by atoms with Crippen LogP contribution in [0.5, 0.6) is 0 Å². The van der Waals surface area contributed by atoms with E-state index in [2.05, 4.69) is 41.5 Å². The number of carbonyl (C=O) groups is 1. The minimum atomic E-state index is -0.105. The van der Waals surface area contributed by atoms with Crippen LogP contribution in [0.2, 0.25) is 0 Å². The SMILES string of the molecule is N#Cc1cnccc1CC(=O)c1cc2ccc(-c3nccc(Nc4ccc(-c5cn[nH]c5)cc4)n3)cc2[nH]1. The number of rotatable bonds is 7. The van der Waals surface area contributed by atoms with Crippen LogP contribution in [0, 0.1) is 11.3 Å². The van der Waals surface area contributed by atoms with Crippen LogP contribution in [0.25, 0.3) is 33.4 Å². The van der Waals surface area contributed by atoms with E-state index in [1.165, 1.54) is 6.20 Å². The Morgan fingerprint density at radius 1 is 0.947 bits per heavy atom. The fourth-order valence-electron chi connectivity index (χ4n) is 4.23. The molecular weight excluding hydrogens is 476 g/mol. The third-order valence-corrected chi connectivity index (χ3v) is 6.21. The fraction of sp³-hybridized carbons (Fsp3) is 0.0345. The number of nitriles is 1. The molecule has 38 heavy (non-hydrogen) atoms. The number of benzene rings is 2. The Labute approximate surface area is 217 Å². The number of aromatic nitrogens is 6. The lowest BCUT2D eigenvalue weighted by atomic mass is 10.0. The summed E-state index contributed by atoms with van der Waals surface area (Å²) in [7, 11) is 0. The number of Topliss-reactive ketones (excluding diaryl/α,β-unsaturated/α-hetero) is 1. The number of fused-ring (bicyclic) bond motifs is 1. The summed E-state index contributed by atoms with van der Waals surface area (Å²) in [5, 5.41) is 20.3. The Morgan fingerprint density at radius 2 is 1.82 bits per heavy atom. The van der Waals surface area contributed by atoms with E-state index in [0.717, 1.165) is 33.3 Å². The Hall–Kier alpha value is -5.62. The van der Waals surface area contributed by atoms with Crippen LogP contribution in [-0.2, 0) is 6.42 Å². The summed E-state index contributed by atoms with van der Waals surface area (Å²) in [5.74, 6) is 1.12. The van der Waals surface area contributed by atoms with Crippen molar-refractivity contribution in [1.29, 1.82) is 5.26 Å². The standard InChI is InChI=1S/C29H20N8O/c30-14-22-15-31-9-7-19(22)13-27(38)26-11-20-1-2-21(12-25(20)36-26)29-32-10-8-28(37-29)35-24-5-3-18(4-6-24)23-16-33-34-17-23/h1-12,15-17,36H,13H2,(H,33,34)(H,32,35,37). The van der Waals surface area contributed by atoms with Crippen molar-refractivity contribution in [3.8, 4) is 28.6 Å². The van der Waals surface area contributed by atoms with E-state index in [1.54, 1.807) is 24.7 Å². The van der Waals surface area contributed by atoms with Crippen molar-refractivity contribution in [1.82, 2.24) is 30.1 Å². The maximum atomic E-state index is 12.9. The Kier molecular flexibility index (Phi) is 5.88. The van der Waals surface area contributed by atoms with Crippen LogP contribution in [0.3, 0.4) is 0 Å². The van der Waals surface area contributed by atoms with Crippen molar-refractivity contribution in [2.75, 3.05) is 5.32 Å². The molecule has 6 rings (SSSR count). The molecule has 0 bridgehead atoms. The summed E-state index contributed by atoms with van der Waals surface area (Å²) in [6.07, 6.45) is 8.51. The van der Waals surface area contributed by atoms with Crippen molar-refractivity contribution in [2.45, 2.75) is 6.42 Å². The summed E-state index contributed by atoms with van der Waals surface area (Å²) in [6.45, 7) is 0. The van der Waals surface area contributed by atoms with E-state index >= 15 is 0 Å². The highest BCUT2D eigenvalue weighted by atomic mass is 16.1. The molecule has 9 heteroatoms. The second-order valence-corrected chi connectivity index (χ2v) is 8.68. The molecule has 3 N–H and O–H groups in total. The zero-order chi connectivity index (χ0) is 25.9. The predicted octanol–water partition coefficient (Wildman–Crippen LogP) is 5.45. The molecule has 0 aliphatic carbocycles.